The van der Waals surface area contributed by atoms with Gasteiger partial charge >= 0.3 is 0 Å². The Bertz CT molecular complexity index is 392. The molecule has 0 aromatic carbocycles. The maximum Gasteiger partial charge on any atom is 0.243 e. The Morgan fingerprint density at radius 3 is 2.53 bits per heavy atom. The van der Waals surface area contributed by atoms with Crippen molar-refractivity contribution >= 4 is 15.9 Å². The molecule has 1 aliphatic rings. The van der Waals surface area contributed by atoms with Crippen LogP contribution in [0.3, 0.4) is 0 Å². The lowest BCUT2D eigenvalue weighted by Crippen LogP contribution is -2.60. The van der Waals surface area contributed by atoms with Gasteiger partial charge in [-0.15, -0.1) is 0 Å². The van der Waals surface area contributed by atoms with Crippen LogP contribution in [0, 0.1) is 0 Å². The number of sulfonamides is 1. The molecule has 17 heavy (non-hydrogen) atoms. The van der Waals surface area contributed by atoms with Crippen LogP contribution >= 0.6 is 0 Å². The van der Waals surface area contributed by atoms with Gasteiger partial charge in [0.1, 0.15) is 5.54 Å². The highest BCUT2D eigenvalue weighted by Crippen LogP contribution is 2.11. The first kappa shape index (κ1) is 14.4. The molecule has 0 spiro atoms. The number of rotatable bonds is 3. The lowest BCUT2D eigenvalue weighted by molar-refractivity contribution is -0.137. The fourth-order valence-electron chi connectivity index (χ4n) is 2.02. The van der Waals surface area contributed by atoms with Gasteiger partial charge in [0.05, 0.1) is 6.26 Å². The van der Waals surface area contributed by atoms with Crippen LogP contribution in [0.1, 0.15) is 20.8 Å². The smallest absolute Gasteiger partial charge is 0.243 e. The van der Waals surface area contributed by atoms with Crippen LogP contribution < -0.4 is 10.0 Å². The second kappa shape index (κ2) is 4.91. The zero-order valence-electron chi connectivity index (χ0n) is 10.8. The third-order valence-corrected chi connectivity index (χ3v) is 3.51. The highest BCUT2D eigenvalue weighted by atomic mass is 32.2. The Kier molecular flexibility index (Phi) is 4.16. The first-order valence-electron chi connectivity index (χ1n) is 5.63. The number of hydrogen-bond acceptors (Lipinski definition) is 4. The predicted molar refractivity (Wildman–Crippen MR) is 66.1 cm³/mol. The average Bonchev–Trinajstić information content (AvgIpc) is 2.12. The molecule has 0 aromatic heterocycles. The standard InChI is InChI=1S/C10H21N3O3S/c1-8-7-13(6-5-11-8)9(14)10(2,3)12-17(4,15)16/h8,11-12H,5-7H2,1-4H3/t8-/m1/s1. The molecule has 6 nitrogen and oxygen atoms in total. The molecule has 100 valence electrons. The molecule has 1 saturated heterocycles. The molecule has 1 aliphatic heterocycles. The van der Waals surface area contributed by atoms with Crippen molar-refractivity contribution in [3.8, 4) is 0 Å². The first-order chi connectivity index (χ1) is 7.62. The SMILES string of the molecule is C[C@@H]1CN(C(=O)C(C)(C)NS(C)(=O)=O)CCN1. The van der Waals surface area contributed by atoms with Gasteiger partial charge in [-0.3, -0.25) is 4.79 Å². The molecule has 0 unspecified atom stereocenters. The highest BCUT2D eigenvalue weighted by molar-refractivity contribution is 7.88. The maximum atomic E-state index is 12.2. The Morgan fingerprint density at radius 1 is 1.47 bits per heavy atom. The van der Waals surface area contributed by atoms with Gasteiger partial charge < -0.3 is 10.2 Å². The number of piperazine rings is 1. The summed E-state index contributed by atoms with van der Waals surface area (Å²) in [7, 11) is -3.39. The Hall–Kier alpha value is -0.660. The van der Waals surface area contributed by atoms with Gasteiger partial charge in [-0.05, 0) is 20.8 Å². The summed E-state index contributed by atoms with van der Waals surface area (Å²) in [5, 5.41) is 3.23. The molecule has 1 atom stereocenters. The molecule has 0 bridgehead atoms. The summed E-state index contributed by atoms with van der Waals surface area (Å²) in [6.45, 7) is 7.12. The predicted octanol–water partition coefficient (Wildman–Crippen LogP) is -0.865. The van der Waals surface area contributed by atoms with E-state index >= 15 is 0 Å². The minimum atomic E-state index is -3.39. The summed E-state index contributed by atoms with van der Waals surface area (Å²) < 4.78 is 24.8. The Balaban J connectivity index is 2.74. The quantitative estimate of drug-likeness (QED) is 0.694. The van der Waals surface area contributed by atoms with E-state index in [-0.39, 0.29) is 11.9 Å². The summed E-state index contributed by atoms with van der Waals surface area (Å²) in [4.78, 5) is 13.9. The lowest BCUT2D eigenvalue weighted by atomic mass is 10.0. The van der Waals surface area contributed by atoms with Crippen LogP contribution in [0.25, 0.3) is 0 Å². The van der Waals surface area contributed by atoms with Crippen LogP contribution in [0.4, 0.5) is 0 Å². The number of amides is 1. The van der Waals surface area contributed by atoms with Crippen molar-refractivity contribution in [2.24, 2.45) is 0 Å². The second-order valence-corrected chi connectivity index (χ2v) is 6.85. The summed E-state index contributed by atoms with van der Waals surface area (Å²) in [6.07, 6.45) is 1.06. The molecular formula is C10H21N3O3S. The van der Waals surface area contributed by atoms with Crippen molar-refractivity contribution in [3.05, 3.63) is 0 Å². The van der Waals surface area contributed by atoms with Gasteiger partial charge in [-0.1, -0.05) is 0 Å². The summed E-state index contributed by atoms with van der Waals surface area (Å²) in [5.74, 6) is -0.184. The van der Waals surface area contributed by atoms with Crippen molar-refractivity contribution in [1.82, 2.24) is 14.9 Å². The third-order valence-electron chi connectivity index (χ3n) is 2.63. The van der Waals surface area contributed by atoms with E-state index in [0.717, 1.165) is 12.8 Å². The average molecular weight is 263 g/mol. The molecule has 0 aliphatic carbocycles. The second-order valence-electron chi connectivity index (χ2n) is 5.11. The molecular weight excluding hydrogens is 242 g/mol. The number of nitrogens with zero attached hydrogens (tertiary/aromatic N) is 1. The summed E-state index contributed by atoms with van der Waals surface area (Å²) in [5.41, 5.74) is -1.09. The van der Waals surface area contributed by atoms with Gasteiger partial charge in [0, 0.05) is 25.7 Å². The third kappa shape index (κ3) is 4.25. The number of nitrogens with one attached hydrogen (secondary N) is 2. The van der Waals surface area contributed by atoms with Gasteiger partial charge in [0.2, 0.25) is 15.9 Å². The van der Waals surface area contributed by atoms with Crippen molar-refractivity contribution in [1.29, 1.82) is 0 Å². The first-order valence-corrected chi connectivity index (χ1v) is 7.53. The van der Waals surface area contributed by atoms with E-state index in [9.17, 15) is 13.2 Å². The number of carbonyl (C=O) groups excluding carboxylic acids is 1. The molecule has 1 rings (SSSR count). The summed E-state index contributed by atoms with van der Waals surface area (Å²) in [6, 6.07) is 0.238. The topological polar surface area (TPSA) is 78.5 Å². The molecule has 1 amide bonds. The van der Waals surface area contributed by atoms with Crippen LogP contribution in [0.15, 0.2) is 0 Å². The molecule has 2 N–H and O–H groups in total. The molecule has 1 heterocycles. The van der Waals surface area contributed by atoms with E-state index in [4.69, 9.17) is 0 Å². The van der Waals surface area contributed by atoms with Crippen LogP contribution in [0.2, 0.25) is 0 Å². The minimum absolute atomic E-state index is 0.184. The van der Waals surface area contributed by atoms with Crippen LogP contribution in [0.5, 0.6) is 0 Å². The highest BCUT2D eigenvalue weighted by Gasteiger charge is 2.35. The molecule has 0 saturated carbocycles. The van der Waals surface area contributed by atoms with Crippen molar-refractivity contribution in [3.63, 3.8) is 0 Å². The van der Waals surface area contributed by atoms with E-state index in [0.29, 0.717) is 13.1 Å². The van der Waals surface area contributed by atoms with E-state index in [1.807, 2.05) is 6.92 Å². The normalized spacial score (nSPS) is 22.6. The van der Waals surface area contributed by atoms with Crippen molar-refractivity contribution in [2.45, 2.75) is 32.4 Å². The maximum absolute atomic E-state index is 12.2. The van der Waals surface area contributed by atoms with E-state index < -0.39 is 15.6 Å². The molecule has 0 radical (unpaired) electrons. The minimum Gasteiger partial charge on any atom is -0.338 e. The van der Waals surface area contributed by atoms with Crippen LogP contribution in [-0.2, 0) is 14.8 Å². The number of carbonyl (C=O) groups is 1. The van der Waals surface area contributed by atoms with Crippen molar-refractivity contribution in [2.75, 3.05) is 25.9 Å². The van der Waals surface area contributed by atoms with Gasteiger partial charge in [0.25, 0.3) is 0 Å². The zero-order chi connectivity index (χ0) is 13.3. The van der Waals surface area contributed by atoms with E-state index in [2.05, 4.69) is 10.0 Å². The fraction of sp³-hybridized carbons (Fsp3) is 0.900. The summed E-state index contributed by atoms with van der Waals surface area (Å²) >= 11 is 0. The largest absolute Gasteiger partial charge is 0.338 e. The zero-order valence-corrected chi connectivity index (χ0v) is 11.6. The van der Waals surface area contributed by atoms with Gasteiger partial charge in [-0.25, -0.2) is 13.1 Å². The monoisotopic (exact) mass is 263 g/mol. The molecule has 0 aromatic rings. The lowest BCUT2D eigenvalue weighted by Gasteiger charge is -2.37. The van der Waals surface area contributed by atoms with Gasteiger partial charge in [0.15, 0.2) is 0 Å². The van der Waals surface area contributed by atoms with Crippen LogP contribution in [-0.4, -0.2) is 56.7 Å². The molecule has 7 heteroatoms. The fourth-order valence-corrected chi connectivity index (χ4v) is 3.03. The number of hydrogen-bond donors (Lipinski definition) is 2. The van der Waals surface area contributed by atoms with E-state index in [1.54, 1.807) is 18.7 Å². The van der Waals surface area contributed by atoms with E-state index in [1.165, 1.54) is 0 Å². The van der Waals surface area contributed by atoms with Gasteiger partial charge in [-0.2, -0.15) is 0 Å². The van der Waals surface area contributed by atoms with Crippen molar-refractivity contribution < 1.29 is 13.2 Å². The Morgan fingerprint density at radius 2 is 2.06 bits per heavy atom. The molecule has 1 fully saturated rings. The Labute approximate surface area is 103 Å².